The van der Waals surface area contributed by atoms with E-state index in [0.29, 0.717) is 6.47 Å². The minimum absolute atomic E-state index is 0. The molecule has 0 aliphatic heterocycles. The summed E-state index contributed by atoms with van der Waals surface area (Å²) in [5.41, 5.74) is 0. The predicted octanol–water partition coefficient (Wildman–Crippen LogP) is 0.425. The van der Waals surface area contributed by atoms with Gasteiger partial charge in [-0.3, -0.25) is 4.79 Å². The number of carbonyl (C=O) groups excluding carboxylic acids is 1. The molecule has 0 saturated carbocycles. The minimum atomic E-state index is 0. The molecule has 2 nitrogen and oxygen atoms in total. The third-order valence-electron chi connectivity index (χ3n) is 0.0962. The van der Waals surface area contributed by atoms with E-state index in [1.807, 2.05) is 0 Å². The van der Waals surface area contributed by atoms with Gasteiger partial charge < -0.3 is 4.74 Å². The fraction of sp³-hybridized carbons (Fsp3) is 0.667. The summed E-state index contributed by atoms with van der Waals surface area (Å²) < 4.78 is 3.86. The molecular formula is C3H8O2. The smallest absolute Gasteiger partial charge is 0.292 e. The monoisotopic (exact) mass is 76.1 g/mol. The molecule has 0 aromatic carbocycles. The molecule has 0 amide bonds. The molecule has 2 heteroatoms. The molecule has 0 aliphatic carbocycles. The average Bonchev–Trinajstić information content (AvgIpc) is 1.37. The van der Waals surface area contributed by atoms with Crippen LogP contribution in [0.2, 0.25) is 0 Å². The zero-order valence-electron chi connectivity index (χ0n) is 2.39. The van der Waals surface area contributed by atoms with Crippen LogP contribution in [-0.2, 0) is 9.53 Å². The zero-order chi connectivity index (χ0) is 3.41. The summed E-state index contributed by atoms with van der Waals surface area (Å²) in [5, 5.41) is 0. The fourth-order valence-corrected chi connectivity index (χ4v) is 0. The van der Waals surface area contributed by atoms with E-state index in [-0.39, 0.29) is 7.43 Å². The van der Waals surface area contributed by atoms with E-state index in [1.54, 1.807) is 0 Å². The second-order valence-electron chi connectivity index (χ2n) is 0.332. The van der Waals surface area contributed by atoms with Gasteiger partial charge in [0.15, 0.2) is 0 Å². The molecule has 5 heavy (non-hydrogen) atoms. The number of hydrogen-bond donors (Lipinski definition) is 0. The molecule has 0 saturated heterocycles. The predicted molar refractivity (Wildman–Crippen MR) is 19.8 cm³/mol. The molecule has 0 spiro atoms. The quantitative estimate of drug-likeness (QED) is 0.423. The second-order valence-corrected chi connectivity index (χ2v) is 0.332. The lowest BCUT2D eigenvalue weighted by Gasteiger charge is -1.67. The lowest BCUT2D eigenvalue weighted by Crippen LogP contribution is -1.68. The molecule has 0 heterocycles. The van der Waals surface area contributed by atoms with Crippen LogP contribution in [0.1, 0.15) is 7.43 Å². The van der Waals surface area contributed by atoms with Crippen LogP contribution in [0.4, 0.5) is 0 Å². The van der Waals surface area contributed by atoms with Gasteiger partial charge in [-0.2, -0.15) is 0 Å². The van der Waals surface area contributed by atoms with Gasteiger partial charge in [0.25, 0.3) is 6.47 Å². The van der Waals surface area contributed by atoms with Crippen molar-refractivity contribution >= 4 is 6.47 Å². The van der Waals surface area contributed by atoms with Gasteiger partial charge in [0, 0.05) is 0 Å². The maximum atomic E-state index is 8.95. The van der Waals surface area contributed by atoms with E-state index < -0.39 is 0 Å². The number of rotatable bonds is 1. The Morgan fingerprint density at radius 1 is 1.80 bits per heavy atom. The first kappa shape index (κ1) is 8.82. The van der Waals surface area contributed by atoms with E-state index in [1.165, 1.54) is 7.11 Å². The minimum Gasteiger partial charge on any atom is -0.471 e. The summed E-state index contributed by atoms with van der Waals surface area (Å²) in [5.74, 6) is 0. The highest BCUT2D eigenvalue weighted by molar-refractivity contribution is 5.36. The Kier molecular flexibility index (Phi) is 17.3. The Labute approximate surface area is 31.8 Å². The third kappa shape index (κ3) is 33.9. The van der Waals surface area contributed by atoms with Crippen molar-refractivity contribution in [1.29, 1.82) is 0 Å². The molecule has 0 N–H and O–H groups in total. The van der Waals surface area contributed by atoms with E-state index >= 15 is 0 Å². The van der Waals surface area contributed by atoms with Gasteiger partial charge in [0.2, 0.25) is 0 Å². The largest absolute Gasteiger partial charge is 0.471 e. The Hall–Kier alpha value is -0.530. The molecule has 32 valence electrons. The van der Waals surface area contributed by atoms with Crippen molar-refractivity contribution in [2.45, 2.75) is 7.43 Å². The van der Waals surface area contributed by atoms with Crippen LogP contribution in [0.25, 0.3) is 0 Å². The molecule has 0 fully saturated rings. The van der Waals surface area contributed by atoms with Gasteiger partial charge in [-0.15, -0.1) is 0 Å². The van der Waals surface area contributed by atoms with Crippen molar-refractivity contribution in [3.8, 4) is 0 Å². The SMILES string of the molecule is C.COC=O. The van der Waals surface area contributed by atoms with E-state index in [4.69, 9.17) is 4.79 Å². The van der Waals surface area contributed by atoms with Crippen molar-refractivity contribution in [3.63, 3.8) is 0 Å². The lowest BCUT2D eigenvalue weighted by atomic mass is 11.5. The molecule has 0 unspecified atom stereocenters. The van der Waals surface area contributed by atoms with Crippen LogP contribution in [0, 0.1) is 0 Å². The maximum absolute atomic E-state index is 8.95. The Morgan fingerprint density at radius 2 is 2.00 bits per heavy atom. The van der Waals surface area contributed by atoms with Crippen molar-refractivity contribution in [2.24, 2.45) is 0 Å². The molecule has 0 aromatic heterocycles. The standard InChI is InChI=1S/C2H4O2.CH4/c1-4-2-3;/h2H,1H3;1H4. The Morgan fingerprint density at radius 3 is 2.00 bits per heavy atom. The molecule has 0 atom stereocenters. The van der Waals surface area contributed by atoms with Crippen LogP contribution < -0.4 is 0 Å². The zero-order valence-corrected chi connectivity index (χ0v) is 2.39. The topological polar surface area (TPSA) is 26.3 Å². The van der Waals surface area contributed by atoms with Gasteiger partial charge in [-0.05, 0) is 0 Å². The van der Waals surface area contributed by atoms with Crippen LogP contribution in [0.15, 0.2) is 0 Å². The summed E-state index contributed by atoms with van der Waals surface area (Å²) in [6.45, 7) is 0.375. The number of carbonyl (C=O) groups is 1. The first-order valence-electron chi connectivity index (χ1n) is 0.880. The average molecular weight is 76.1 g/mol. The van der Waals surface area contributed by atoms with Gasteiger partial charge in [0.05, 0.1) is 7.11 Å². The van der Waals surface area contributed by atoms with Crippen LogP contribution in [-0.4, -0.2) is 13.6 Å². The molecule has 0 bridgehead atoms. The molecule has 0 rings (SSSR count). The second kappa shape index (κ2) is 9.80. The Balaban J connectivity index is 0. The van der Waals surface area contributed by atoms with E-state index in [9.17, 15) is 0 Å². The van der Waals surface area contributed by atoms with Crippen molar-refractivity contribution in [2.75, 3.05) is 7.11 Å². The number of ether oxygens (including phenoxy) is 1. The summed E-state index contributed by atoms with van der Waals surface area (Å²) in [7, 11) is 1.31. The first-order valence-corrected chi connectivity index (χ1v) is 0.880. The highest BCUT2D eigenvalue weighted by Crippen LogP contribution is 1.35. The number of hydrogen-bond acceptors (Lipinski definition) is 2. The van der Waals surface area contributed by atoms with Gasteiger partial charge in [-0.1, -0.05) is 7.43 Å². The molecular weight excluding hydrogens is 68.0 g/mol. The third-order valence-corrected chi connectivity index (χ3v) is 0.0962. The first-order chi connectivity index (χ1) is 1.91. The van der Waals surface area contributed by atoms with Gasteiger partial charge in [0.1, 0.15) is 0 Å². The summed E-state index contributed by atoms with van der Waals surface area (Å²) in [6, 6.07) is 0. The van der Waals surface area contributed by atoms with Gasteiger partial charge >= 0.3 is 0 Å². The highest BCUT2D eigenvalue weighted by atomic mass is 16.5. The summed E-state index contributed by atoms with van der Waals surface area (Å²) in [6.07, 6.45) is 0. The van der Waals surface area contributed by atoms with E-state index in [0.717, 1.165) is 0 Å². The normalized spacial score (nSPS) is 4.20. The molecule has 0 radical (unpaired) electrons. The number of methoxy groups -OCH3 is 1. The highest BCUT2D eigenvalue weighted by Gasteiger charge is 1.44. The van der Waals surface area contributed by atoms with Crippen LogP contribution in [0.3, 0.4) is 0 Å². The van der Waals surface area contributed by atoms with E-state index in [2.05, 4.69) is 4.74 Å². The fourth-order valence-electron chi connectivity index (χ4n) is 0. The maximum Gasteiger partial charge on any atom is 0.292 e. The van der Waals surface area contributed by atoms with Crippen molar-refractivity contribution in [3.05, 3.63) is 0 Å². The van der Waals surface area contributed by atoms with Crippen molar-refractivity contribution < 1.29 is 9.53 Å². The molecule has 0 aliphatic rings. The van der Waals surface area contributed by atoms with Crippen LogP contribution in [0.5, 0.6) is 0 Å². The van der Waals surface area contributed by atoms with Crippen LogP contribution >= 0.6 is 0 Å². The summed E-state index contributed by atoms with van der Waals surface area (Å²) in [4.78, 5) is 8.95. The van der Waals surface area contributed by atoms with Crippen molar-refractivity contribution in [1.82, 2.24) is 0 Å². The Bertz CT molecular complexity index is 18.9. The molecule has 0 aromatic rings. The lowest BCUT2D eigenvalue weighted by molar-refractivity contribution is -0.126. The van der Waals surface area contributed by atoms with Gasteiger partial charge in [-0.25, -0.2) is 0 Å². The summed E-state index contributed by atoms with van der Waals surface area (Å²) >= 11 is 0.